The van der Waals surface area contributed by atoms with E-state index >= 15 is 19.2 Å². The van der Waals surface area contributed by atoms with Crippen LogP contribution in [0.5, 0.6) is 46.0 Å². The predicted octanol–water partition coefficient (Wildman–Crippen LogP) is 2.22. The number of halogens is 2. The Bertz CT molecular complexity index is 4150. The summed E-state index contributed by atoms with van der Waals surface area (Å²) in [5, 5.41) is 124. The fourth-order valence-corrected chi connectivity index (χ4v) is 14.0. The molecule has 12 rings (SSSR count). The van der Waals surface area contributed by atoms with E-state index in [0.29, 0.717) is 0 Å². The molecule has 7 aliphatic rings. The SMILES string of the molecule is CNC(CC(C)C)C(=O)NC1C(=O)NC(CC(N)=O)C(=O)NC2C(=O)NC3C(=O)NC(C(=O)NC(C(=O)O)c4cc(O)cc(O)c4-c4cc3ccc4O)C(C)c3ccc(c(Cl)c3)Oc3cc2cc(c3OC2OC(CO)C(O)C(O)C2OC2CC(C)(NC(C)C)C(O)C(C)O2)Oc2ccc(cc2Cl)C1O. The second kappa shape index (κ2) is 31.7. The summed E-state index contributed by atoms with van der Waals surface area (Å²) in [6.07, 6.45) is -15.6. The first-order valence-corrected chi connectivity index (χ1v) is 34.1. The number of likely N-dealkylation sites (N-methyl/N-ethyl adjacent to an activating group) is 1. The average Bonchev–Trinajstić information content (AvgIpc) is 0.778. The lowest BCUT2D eigenvalue weighted by molar-refractivity contribution is -0.334. The largest absolute Gasteiger partial charge is 0.508 e. The summed E-state index contributed by atoms with van der Waals surface area (Å²) in [6, 6.07) is 1.13. The monoisotopic (exact) mass is 1490 g/mol. The molecule has 7 amide bonds. The fraction of sp³-hybridized carbons (Fsp3) is 0.457. The van der Waals surface area contributed by atoms with E-state index in [-0.39, 0.29) is 63.0 Å². The Labute approximate surface area is 605 Å². The number of aromatic hydroxyl groups is 3. The van der Waals surface area contributed by atoms with Crippen molar-refractivity contribution >= 4 is 70.5 Å². The highest BCUT2D eigenvalue weighted by Crippen LogP contribution is 2.50. The number of nitrogens with one attached hydrogen (secondary N) is 8. The summed E-state index contributed by atoms with van der Waals surface area (Å²) in [5.74, 6) is -16.0. The number of nitrogens with two attached hydrogens (primary N) is 1. The second-order valence-electron chi connectivity index (χ2n) is 27.3. The highest BCUT2D eigenvalue weighted by molar-refractivity contribution is 6.32. The summed E-state index contributed by atoms with van der Waals surface area (Å²) in [7, 11) is 1.49. The molecule has 0 spiro atoms. The third-order valence-corrected chi connectivity index (χ3v) is 19.3. The third kappa shape index (κ3) is 16.5. The zero-order valence-corrected chi connectivity index (χ0v) is 58.9. The molecule has 2 fully saturated rings. The minimum atomic E-state index is -2.29. The first-order chi connectivity index (χ1) is 49.1. The van der Waals surface area contributed by atoms with Gasteiger partial charge in [-0.3, -0.25) is 33.6 Å². The fourth-order valence-electron chi connectivity index (χ4n) is 13.5. The minimum Gasteiger partial charge on any atom is -0.508 e. The van der Waals surface area contributed by atoms with E-state index in [1.54, 1.807) is 13.8 Å². The van der Waals surface area contributed by atoms with Crippen molar-refractivity contribution in [2.45, 2.75) is 183 Å². The van der Waals surface area contributed by atoms with Crippen LogP contribution in [0.2, 0.25) is 10.0 Å². The molecule has 0 aliphatic carbocycles. The molecule has 19 N–H and O–H groups in total. The number of ether oxygens (including phenoxy) is 6. The van der Waals surface area contributed by atoms with E-state index in [9.17, 15) is 65.1 Å². The first-order valence-electron chi connectivity index (χ1n) is 33.3. The lowest BCUT2D eigenvalue weighted by atomic mass is 9.84. The number of carboxylic acids is 1. The number of primary amides is 1. The lowest BCUT2D eigenvalue weighted by Crippen LogP contribution is -2.66. The zero-order chi connectivity index (χ0) is 75.8. The molecule has 32 nitrogen and oxygen atoms in total. The molecule has 34 heteroatoms. The Balaban J connectivity index is 1.24. The van der Waals surface area contributed by atoms with Gasteiger partial charge in [0.1, 0.15) is 83.4 Å². The Morgan fingerprint density at radius 1 is 0.712 bits per heavy atom. The number of fused-ring (bicyclic) bond motifs is 15. The molecular weight excluding hydrogens is 1410 g/mol. The molecule has 5 aromatic carbocycles. The van der Waals surface area contributed by atoms with E-state index in [0.717, 1.165) is 48.5 Å². The van der Waals surface area contributed by atoms with Crippen LogP contribution in [0.1, 0.15) is 126 Å². The number of rotatable bonds is 15. The van der Waals surface area contributed by atoms with Crippen molar-refractivity contribution in [3.63, 3.8) is 0 Å². The molecule has 2 saturated heterocycles. The third-order valence-electron chi connectivity index (χ3n) is 18.7. The van der Waals surface area contributed by atoms with E-state index in [2.05, 4.69) is 42.5 Å². The number of aliphatic carboxylic acids is 1. The van der Waals surface area contributed by atoms with Crippen molar-refractivity contribution in [2.24, 2.45) is 11.7 Å². The average molecular weight is 1490 g/mol. The Morgan fingerprint density at radius 3 is 1.93 bits per heavy atom. The second-order valence-corrected chi connectivity index (χ2v) is 28.1. The van der Waals surface area contributed by atoms with Gasteiger partial charge in [-0.1, -0.05) is 76.0 Å². The van der Waals surface area contributed by atoms with Crippen LogP contribution in [-0.2, 0) is 52.6 Å². The molecule has 0 saturated carbocycles. The highest BCUT2D eigenvalue weighted by Gasteiger charge is 2.52. The van der Waals surface area contributed by atoms with Crippen LogP contribution >= 0.6 is 23.2 Å². The maximum atomic E-state index is 16.1. The number of hydrogen-bond donors (Lipinski definition) is 18. The van der Waals surface area contributed by atoms with Crippen molar-refractivity contribution in [2.75, 3.05) is 13.7 Å². The number of carbonyl (C=O) groups excluding carboxylic acids is 7. The van der Waals surface area contributed by atoms with Crippen LogP contribution in [0.25, 0.3) is 11.1 Å². The number of aliphatic hydroxyl groups is 5. The number of carboxylic acid groups (broad SMARTS) is 1. The number of benzene rings is 5. The summed E-state index contributed by atoms with van der Waals surface area (Å²) in [5.41, 5.74) is 2.64. The van der Waals surface area contributed by atoms with Gasteiger partial charge < -0.3 is 123 Å². The van der Waals surface area contributed by atoms with E-state index in [1.807, 2.05) is 27.7 Å². The highest BCUT2D eigenvalue weighted by atomic mass is 35.5. The standard InChI is InChI=1S/C70H83Cl2N9O23/c1-26(2)15-39(74-8)62(91)80-55-56(87)32-11-14-44(38(72)18-32)101-46-20-33-19-45(59(46)104-69-60(58(89)57(88)47(25-82)102-69)103-49-24-70(7,81-27(3)4)61(90)29(6)99-49)100-43-13-10-30(17-37(43)71)28(5)51-64(93)79-54(68(97)98)36-21-34(83)22-42(85)50(36)35-16-31(9-12-41(35)84)52(65(94)76-51)78-66(95)53(33)77-63(92)40(23-48(73)86)75-67(55)96/h9-14,16-22,26-29,39-40,47,49,51-58,60-61,69,74,81-85,87-90H,15,23-25H2,1-8H3,(H2,73,86)(H,75,96)(H,76,94)(H,77,92)(H,78,95)(H,79,93)(H,80,91)(H,97,98). The van der Waals surface area contributed by atoms with Crippen LogP contribution in [0.4, 0.5) is 0 Å². The molecule has 18 atom stereocenters. The van der Waals surface area contributed by atoms with Crippen molar-refractivity contribution < 1.29 is 113 Å². The normalized spacial score (nSPS) is 29.0. The van der Waals surface area contributed by atoms with E-state index < -0.39 is 226 Å². The molecule has 7 heterocycles. The van der Waals surface area contributed by atoms with Crippen molar-refractivity contribution in [1.82, 2.24) is 42.5 Å². The van der Waals surface area contributed by atoms with Gasteiger partial charge in [0, 0.05) is 46.7 Å². The Hall–Kier alpha value is -9.16. The van der Waals surface area contributed by atoms with E-state index in [4.69, 9.17) is 57.4 Å². The number of amides is 7. The van der Waals surface area contributed by atoms with Crippen LogP contribution in [0.15, 0.2) is 78.9 Å². The van der Waals surface area contributed by atoms with Gasteiger partial charge in [0.15, 0.2) is 29.9 Å². The summed E-state index contributed by atoms with van der Waals surface area (Å²) in [6.45, 7) is 11.2. The molecule has 0 aromatic heterocycles. The van der Waals surface area contributed by atoms with E-state index in [1.165, 1.54) is 44.3 Å². The Kier molecular flexibility index (Phi) is 23.6. The number of aliphatic hydroxyl groups excluding tert-OH is 5. The number of hydrogen-bond acceptors (Lipinski definition) is 24. The van der Waals surface area contributed by atoms with Gasteiger partial charge in [0.25, 0.3) is 0 Å². The first kappa shape index (κ1) is 77.5. The zero-order valence-electron chi connectivity index (χ0n) is 57.4. The molecule has 5 aromatic rings. The maximum Gasteiger partial charge on any atom is 0.330 e. The van der Waals surface area contributed by atoms with Gasteiger partial charge in [0.2, 0.25) is 53.4 Å². The Morgan fingerprint density at radius 2 is 1.33 bits per heavy atom. The maximum absolute atomic E-state index is 16.1. The van der Waals surface area contributed by atoms with Gasteiger partial charge in [-0.15, -0.1) is 0 Å². The predicted molar refractivity (Wildman–Crippen MR) is 367 cm³/mol. The van der Waals surface area contributed by atoms with Gasteiger partial charge in [-0.25, -0.2) is 4.79 Å². The van der Waals surface area contributed by atoms with Crippen LogP contribution in [-0.4, -0.2) is 192 Å². The van der Waals surface area contributed by atoms with Crippen molar-refractivity contribution in [1.29, 1.82) is 0 Å². The number of phenolic OH excluding ortho intramolecular Hbond substituents is 3. The van der Waals surface area contributed by atoms with Gasteiger partial charge in [-0.05, 0) is 110 Å². The smallest absolute Gasteiger partial charge is 0.330 e. The van der Waals surface area contributed by atoms with Crippen LogP contribution in [0, 0.1) is 5.92 Å². The van der Waals surface area contributed by atoms with Crippen LogP contribution in [0.3, 0.4) is 0 Å². The summed E-state index contributed by atoms with van der Waals surface area (Å²) >= 11 is 14.3. The molecule has 0 radical (unpaired) electrons. The van der Waals surface area contributed by atoms with Gasteiger partial charge >= 0.3 is 5.97 Å². The van der Waals surface area contributed by atoms with Gasteiger partial charge in [0.05, 0.1) is 41.3 Å². The van der Waals surface area contributed by atoms with Crippen molar-refractivity contribution in [3.05, 3.63) is 117 Å². The summed E-state index contributed by atoms with van der Waals surface area (Å²) in [4.78, 5) is 118. The molecule has 7 aliphatic heterocycles. The number of phenols is 3. The molecular formula is C70H83Cl2N9O23. The summed E-state index contributed by atoms with van der Waals surface area (Å²) < 4.78 is 39.1. The topological polar surface area (TPSA) is 496 Å². The quantitative estimate of drug-likeness (QED) is 0.0714. The lowest BCUT2D eigenvalue weighted by Gasteiger charge is -2.49. The van der Waals surface area contributed by atoms with Crippen molar-refractivity contribution in [3.8, 4) is 57.1 Å². The molecule has 104 heavy (non-hydrogen) atoms. The minimum absolute atomic E-state index is 0.0867. The van der Waals surface area contributed by atoms with Gasteiger partial charge in [-0.2, -0.15) is 0 Å². The van der Waals surface area contributed by atoms with Crippen LogP contribution < -0.4 is 62.5 Å². The molecule has 18 unspecified atom stereocenters. The number of carbonyl (C=O) groups is 8. The molecule has 560 valence electrons. The molecule has 11 bridgehead atoms.